The fraction of sp³-hybridized carbons (Fsp3) is 0.381. The molecule has 150 valence electrons. The SMILES string of the molecule is CC(C(=O)NCc1ccc(F)cc1)N1CCN(Cc2ccc(F)cc2Cl)CC1. The van der Waals surface area contributed by atoms with E-state index in [2.05, 4.69) is 15.1 Å². The summed E-state index contributed by atoms with van der Waals surface area (Å²) in [6, 6.07) is 10.3. The largest absolute Gasteiger partial charge is 0.351 e. The summed E-state index contributed by atoms with van der Waals surface area (Å²) in [5.74, 6) is -0.665. The predicted octanol–water partition coefficient (Wildman–Crippen LogP) is 3.44. The first kappa shape index (κ1) is 20.7. The molecule has 0 saturated carbocycles. The van der Waals surface area contributed by atoms with Crippen LogP contribution < -0.4 is 5.32 Å². The first-order valence-corrected chi connectivity index (χ1v) is 9.72. The van der Waals surface area contributed by atoms with E-state index in [0.29, 0.717) is 18.1 Å². The molecule has 1 fully saturated rings. The van der Waals surface area contributed by atoms with Crippen molar-refractivity contribution < 1.29 is 13.6 Å². The third kappa shape index (κ3) is 5.50. The van der Waals surface area contributed by atoms with Crippen LogP contribution in [0.1, 0.15) is 18.1 Å². The van der Waals surface area contributed by atoms with Crippen molar-refractivity contribution in [2.45, 2.75) is 26.1 Å². The van der Waals surface area contributed by atoms with E-state index in [9.17, 15) is 13.6 Å². The summed E-state index contributed by atoms with van der Waals surface area (Å²) in [4.78, 5) is 16.8. The number of carbonyl (C=O) groups excluding carboxylic acids is 1. The van der Waals surface area contributed by atoms with E-state index in [1.165, 1.54) is 24.3 Å². The molecule has 0 aliphatic carbocycles. The molecule has 1 heterocycles. The number of nitrogens with zero attached hydrogens (tertiary/aromatic N) is 2. The van der Waals surface area contributed by atoms with E-state index in [0.717, 1.165) is 37.3 Å². The van der Waals surface area contributed by atoms with Crippen molar-refractivity contribution in [2.75, 3.05) is 26.2 Å². The van der Waals surface area contributed by atoms with Gasteiger partial charge in [0.15, 0.2) is 0 Å². The lowest BCUT2D eigenvalue weighted by atomic mass is 10.1. The van der Waals surface area contributed by atoms with Gasteiger partial charge in [0.25, 0.3) is 0 Å². The molecule has 3 rings (SSSR count). The second-order valence-electron chi connectivity index (χ2n) is 7.07. The Kier molecular flexibility index (Phi) is 6.99. The van der Waals surface area contributed by atoms with Gasteiger partial charge in [-0.2, -0.15) is 0 Å². The first-order valence-electron chi connectivity index (χ1n) is 9.35. The van der Waals surface area contributed by atoms with Crippen LogP contribution in [0.5, 0.6) is 0 Å². The lowest BCUT2D eigenvalue weighted by Crippen LogP contribution is -2.53. The van der Waals surface area contributed by atoms with Gasteiger partial charge in [-0.15, -0.1) is 0 Å². The highest BCUT2D eigenvalue weighted by Crippen LogP contribution is 2.20. The molecule has 0 radical (unpaired) electrons. The smallest absolute Gasteiger partial charge is 0.237 e. The Labute approximate surface area is 169 Å². The molecule has 0 bridgehead atoms. The average Bonchev–Trinajstić information content (AvgIpc) is 2.69. The molecule has 28 heavy (non-hydrogen) atoms. The van der Waals surface area contributed by atoms with Crippen LogP contribution in [-0.2, 0) is 17.9 Å². The zero-order chi connectivity index (χ0) is 20.1. The van der Waals surface area contributed by atoms with Crippen LogP contribution in [0.2, 0.25) is 5.02 Å². The number of benzene rings is 2. The van der Waals surface area contributed by atoms with Crippen molar-refractivity contribution in [2.24, 2.45) is 0 Å². The molecule has 7 heteroatoms. The highest BCUT2D eigenvalue weighted by Gasteiger charge is 2.25. The fourth-order valence-electron chi connectivity index (χ4n) is 3.30. The first-order chi connectivity index (χ1) is 13.4. The Balaban J connectivity index is 1.45. The number of hydrogen-bond acceptors (Lipinski definition) is 3. The van der Waals surface area contributed by atoms with Crippen LogP contribution in [0.4, 0.5) is 8.78 Å². The van der Waals surface area contributed by atoms with Crippen LogP contribution in [0.25, 0.3) is 0 Å². The quantitative estimate of drug-likeness (QED) is 0.796. The van der Waals surface area contributed by atoms with E-state index in [1.807, 2.05) is 6.92 Å². The van der Waals surface area contributed by atoms with Crippen molar-refractivity contribution in [3.8, 4) is 0 Å². The number of halogens is 3. The van der Waals surface area contributed by atoms with Gasteiger partial charge in [0.05, 0.1) is 6.04 Å². The molecule has 1 unspecified atom stereocenters. The zero-order valence-electron chi connectivity index (χ0n) is 15.8. The lowest BCUT2D eigenvalue weighted by Gasteiger charge is -2.37. The van der Waals surface area contributed by atoms with Crippen LogP contribution in [-0.4, -0.2) is 47.9 Å². The number of piperazine rings is 1. The maximum Gasteiger partial charge on any atom is 0.237 e. The van der Waals surface area contributed by atoms with Crippen LogP contribution in [0.3, 0.4) is 0 Å². The van der Waals surface area contributed by atoms with Crippen molar-refractivity contribution in [1.29, 1.82) is 0 Å². The van der Waals surface area contributed by atoms with Gasteiger partial charge in [-0.1, -0.05) is 29.8 Å². The Morgan fingerprint density at radius 2 is 1.71 bits per heavy atom. The number of carbonyl (C=O) groups is 1. The molecule has 1 amide bonds. The molecule has 1 aliphatic heterocycles. The van der Waals surface area contributed by atoms with Crippen molar-refractivity contribution in [3.63, 3.8) is 0 Å². The molecule has 4 nitrogen and oxygen atoms in total. The van der Waals surface area contributed by atoms with Gasteiger partial charge in [0.2, 0.25) is 5.91 Å². The minimum absolute atomic E-state index is 0.0423. The maximum atomic E-state index is 13.2. The van der Waals surface area contributed by atoms with Gasteiger partial charge < -0.3 is 5.32 Å². The van der Waals surface area contributed by atoms with E-state index in [4.69, 9.17) is 11.6 Å². The third-order valence-corrected chi connectivity index (χ3v) is 5.47. The normalized spacial score (nSPS) is 16.7. The summed E-state index contributed by atoms with van der Waals surface area (Å²) < 4.78 is 26.1. The standard InChI is InChI=1S/C21H24ClF2N3O/c1-15(21(28)25-13-16-2-5-18(23)6-3-16)27-10-8-26(9-11-27)14-17-4-7-19(24)12-20(17)22/h2-7,12,15H,8-11,13-14H2,1H3,(H,25,28). The number of hydrogen-bond donors (Lipinski definition) is 1. The Hall–Kier alpha value is -2.02. The second-order valence-corrected chi connectivity index (χ2v) is 7.48. The van der Waals surface area contributed by atoms with Gasteiger partial charge in [0, 0.05) is 44.3 Å². The van der Waals surface area contributed by atoms with E-state index >= 15 is 0 Å². The predicted molar refractivity (Wildman–Crippen MR) is 106 cm³/mol. The second kappa shape index (κ2) is 9.45. The molecule has 2 aromatic carbocycles. The summed E-state index contributed by atoms with van der Waals surface area (Å²) in [7, 11) is 0. The summed E-state index contributed by atoms with van der Waals surface area (Å²) in [5, 5.41) is 3.35. The van der Waals surface area contributed by atoms with E-state index < -0.39 is 0 Å². The fourth-order valence-corrected chi connectivity index (χ4v) is 3.53. The molecule has 1 N–H and O–H groups in total. The van der Waals surface area contributed by atoms with Crippen LogP contribution in [0, 0.1) is 11.6 Å². The summed E-state index contributed by atoms with van der Waals surface area (Å²) in [5.41, 5.74) is 1.77. The monoisotopic (exact) mass is 407 g/mol. The summed E-state index contributed by atoms with van der Waals surface area (Å²) in [6.07, 6.45) is 0. The molecule has 1 saturated heterocycles. The molecule has 0 spiro atoms. The maximum absolute atomic E-state index is 13.2. The summed E-state index contributed by atoms with van der Waals surface area (Å²) >= 11 is 6.11. The minimum Gasteiger partial charge on any atom is -0.351 e. The number of rotatable bonds is 6. The lowest BCUT2D eigenvalue weighted by molar-refractivity contribution is -0.126. The molecule has 1 aliphatic rings. The highest BCUT2D eigenvalue weighted by molar-refractivity contribution is 6.31. The van der Waals surface area contributed by atoms with E-state index in [-0.39, 0.29) is 23.6 Å². The molecular formula is C21H24ClF2N3O. The van der Waals surface area contributed by atoms with Gasteiger partial charge in [-0.25, -0.2) is 8.78 Å². The van der Waals surface area contributed by atoms with E-state index in [1.54, 1.807) is 18.2 Å². The third-order valence-electron chi connectivity index (χ3n) is 5.12. The topological polar surface area (TPSA) is 35.6 Å². The van der Waals surface area contributed by atoms with Crippen molar-refractivity contribution in [1.82, 2.24) is 15.1 Å². The highest BCUT2D eigenvalue weighted by atomic mass is 35.5. The minimum atomic E-state index is -0.334. The van der Waals surface area contributed by atoms with Gasteiger partial charge >= 0.3 is 0 Å². The van der Waals surface area contributed by atoms with Crippen LogP contribution >= 0.6 is 11.6 Å². The number of amides is 1. The molecular weight excluding hydrogens is 384 g/mol. The Bertz CT molecular complexity index is 808. The zero-order valence-corrected chi connectivity index (χ0v) is 16.6. The van der Waals surface area contributed by atoms with Gasteiger partial charge in [-0.3, -0.25) is 14.6 Å². The Morgan fingerprint density at radius 1 is 1.07 bits per heavy atom. The van der Waals surface area contributed by atoms with Crippen LogP contribution in [0.15, 0.2) is 42.5 Å². The average molecular weight is 408 g/mol. The number of nitrogens with one attached hydrogen (secondary N) is 1. The Morgan fingerprint density at radius 3 is 2.36 bits per heavy atom. The van der Waals surface area contributed by atoms with Gasteiger partial charge in [-0.05, 0) is 42.3 Å². The van der Waals surface area contributed by atoms with Crippen molar-refractivity contribution >= 4 is 17.5 Å². The van der Waals surface area contributed by atoms with Gasteiger partial charge in [0.1, 0.15) is 11.6 Å². The summed E-state index contributed by atoms with van der Waals surface area (Å²) in [6.45, 7) is 6.09. The molecule has 1 atom stereocenters. The van der Waals surface area contributed by atoms with Crippen molar-refractivity contribution in [3.05, 3.63) is 70.2 Å². The molecule has 0 aromatic heterocycles. The molecule has 2 aromatic rings.